The number of esters is 1. The first kappa shape index (κ1) is 22.5. The Labute approximate surface area is 167 Å². The van der Waals surface area contributed by atoms with Gasteiger partial charge in [0, 0.05) is 11.8 Å². The van der Waals surface area contributed by atoms with Crippen molar-refractivity contribution in [2.45, 2.75) is 6.18 Å². The molecular formula is C18H16F3N3O6. The van der Waals surface area contributed by atoms with Gasteiger partial charge >= 0.3 is 12.1 Å². The van der Waals surface area contributed by atoms with Crippen LogP contribution in [-0.4, -0.2) is 37.1 Å². The molecule has 2 aromatic rings. The third-order valence-electron chi connectivity index (χ3n) is 3.68. The number of alkyl halides is 3. The van der Waals surface area contributed by atoms with E-state index in [0.29, 0.717) is 23.6 Å². The van der Waals surface area contributed by atoms with Crippen molar-refractivity contribution in [1.82, 2.24) is 0 Å². The number of nitrogens with one attached hydrogen (secondary N) is 2. The molecule has 0 atom stereocenters. The third-order valence-corrected chi connectivity index (χ3v) is 3.68. The van der Waals surface area contributed by atoms with Crippen LogP contribution in [0.4, 0.5) is 30.2 Å². The normalized spacial score (nSPS) is 10.8. The maximum Gasteiger partial charge on any atom is 0.416 e. The monoisotopic (exact) mass is 427 g/mol. The molecule has 0 saturated heterocycles. The maximum absolute atomic E-state index is 12.7. The van der Waals surface area contributed by atoms with E-state index in [1.807, 2.05) is 0 Å². The maximum atomic E-state index is 12.7. The first-order valence-corrected chi connectivity index (χ1v) is 8.29. The van der Waals surface area contributed by atoms with E-state index in [9.17, 15) is 32.9 Å². The summed E-state index contributed by atoms with van der Waals surface area (Å²) in [7, 11) is 1.49. The zero-order valence-corrected chi connectivity index (χ0v) is 15.5. The number of benzene rings is 2. The average molecular weight is 427 g/mol. The van der Waals surface area contributed by atoms with Crippen molar-refractivity contribution >= 4 is 28.9 Å². The predicted molar refractivity (Wildman–Crippen MR) is 99.2 cm³/mol. The molecular weight excluding hydrogens is 411 g/mol. The molecule has 0 heterocycles. The Bertz CT molecular complexity index is 932. The van der Waals surface area contributed by atoms with E-state index in [4.69, 9.17) is 9.47 Å². The molecule has 2 rings (SSSR count). The number of anilines is 2. The van der Waals surface area contributed by atoms with E-state index < -0.39 is 47.4 Å². The molecule has 0 unspecified atom stereocenters. The molecule has 0 fully saturated rings. The van der Waals surface area contributed by atoms with Crippen LogP contribution >= 0.6 is 0 Å². The summed E-state index contributed by atoms with van der Waals surface area (Å²) >= 11 is 0. The predicted octanol–water partition coefficient (Wildman–Crippen LogP) is 3.22. The van der Waals surface area contributed by atoms with Gasteiger partial charge in [0.15, 0.2) is 6.61 Å². The fourth-order valence-corrected chi connectivity index (χ4v) is 2.24. The fourth-order valence-electron chi connectivity index (χ4n) is 2.24. The fraction of sp³-hybridized carbons (Fsp3) is 0.222. The Hall–Kier alpha value is -3.83. The molecule has 2 aromatic carbocycles. The van der Waals surface area contributed by atoms with E-state index in [1.165, 1.54) is 7.11 Å². The second kappa shape index (κ2) is 9.58. The Balaban J connectivity index is 1.88. The summed E-state index contributed by atoms with van der Waals surface area (Å²) in [5.74, 6) is -0.981. The number of carbonyl (C=O) groups is 2. The largest absolute Gasteiger partial charge is 0.497 e. The zero-order chi connectivity index (χ0) is 22.3. The molecule has 2 N–H and O–H groups in total. The van der Waals surface area contributed by atoms with Crippen molar-refractivity contribution < 1.29 is 37.2 Å². The molecule has 0 aliphatic heterocycles. The lowest BCUT2D eigenvalue weighted by atomic mass is 10.1. The number of nitro groups is 1. The number of amides is 1. The minimum absolute atomic E-state index is 0.298. The highest BCUT2D eigenvalue weighted by molar-refractivity contribution is 5.93. The summed E-state index contributed by atoms with van der Waals surface area (Å²) in [6.07, 6.45) is -4.75. The molecule has 0 aromatic heterocycles. The Kier molecular flexibility index (Phi) is 7.17. The number of hydrogen-bond acceptors (Lipinski definition) is 7. The molecule has 0 aliphatic carbocycles. The number of nitro benzene ring substituents is 1. The van der Waals surface area contributed by atoms with Gasteiger partial charge in [0.2, 0.25) is 0 Å². The van der Waals surface area contributed by atoms with Gasteiger partial charge in [-0.2, -0.15) is 13.2 Å². The van der Waals surface area contributed by atoms with Crippen molar-refractivity contribution in [3.05, 3.63) is 58.1 Å². The van der Waals surface area contributed by atoms with E-state index in [1.54, 1.807) is 24.3 Å². The first-order valence-electron chi connectivity index (χ1n) is 8.29. The van der Waals surface area contributed by atoms with Crippen molar-refractivity contribution in [1.29, 1.82) is 0 Å². The van der Waals surface area contributed by atoms with Crippen molar-refractivity contribution in [3.63, 3.8) is 0 Å². The van der Waals surface area contributed by atoms with Gasteiger partial charge in [0.1, 0.15) is 18.0 Å². The van der Waals surface area contributed by atoms with Crippen molar-refractivity contribution in [2.75, 3.05) is 30.9 Å². The molecule has 160 valence electrons. The van der Waals surface area contributed by atoms with Crippen LogP contribution in [0.2, 0.25) is 0 Å². The molecule has 0 radical (unpaired) electrons. The molecule has 9 nitrogen and oxygen atoms in total. The average Bonchev–Trinajstić information content (AvgIpc) is 2.70. The molecule has 0 spiro atoms. The van der Waals surface area contributed by atoms with Crippen LogP contribution in [0.5, 0.6) is 5.75 Å². The first-order chi connectivity index (χ1) is 14.1. The van der Waals surface area contributed by atoms with Crippen LogP contribution in [-0.2, 0) is 20.5 Å². The highest BCUT2D eigenvalue weighted by atomic mass is 19.4. The van der Waals surface area contributed by atoms with Gasteiger partial charge in [-0.1, -0.05) is 0 Å². The van der Waals surface area contributed by atoms with Crippen LogP contribution in [0, 0.1) is 10.1 Å². The minimum Gasteiger partial charge on any atom is -0.497 e. The summed E-state index contributed by atoms with van der Waals surface area (Å²) in [5, 5.41) is 15.8. The van der Waals surface area contributed by atoms with E-state index in [2.05, 4.69) is 10.6 Å². The standard InChI is InChI=1S/C18H16F3N3O6/c1-29-13-5-3-12(4-6-13)23-16(25)10-30-17(26)9-22-14-7-2-11(18(19,20)21)8-15(14)24(27)28/h2-8,22H,9-10H2,1H3,(H,23,25). The summed E-state index contributed by atoms with van der Waals surface area (Å²) in [6, 6.07) is 8.21. The lowest BCUT2D eigenvalue weighted by Crippen LogP contribution is -2.24. The number of halogens is 3. The number of methoxy groups -OCH3 is 1. The van der Waals surface area contributed by atoms with Crippen LogP contribution in [0.25, 0.3) is 0 Å². The van der Waals surface area contributed by atoms with Gasteiger partial charge in [-0.3, -0.25) is 19.7 Å². The molecule has 0 bridgehead atoms. The smallest absolute Gasteiger partial charge is 0.416 e. The number of hydrogen-bond donors (Lipinski definition) is 2. The number of carbonyl (C=O) groups excluding carboxylic acids is 2. The number of ether oxygens (including phenoxy) is 2. The number of nitrogens with zero attached hydrogens (tertiary/aromatic N) is 1. The summed E-state index contributed by atoms with van der Waals surface area (Å²) in [6.45, 7) is -1.22. The highest BCUT2D eigenvalue weighted by Crippen LogP contribution is 2.34. The van der Waals surface area contributed by atoms with Crippen molar-refractivity contribution in [3.8, 4) is 5.75 Å². The van der Waals surface area contributed by atoms with Crippen LogP contribution in [0.15, 0.2) is 42.5 Å². The van der Waals surface area contributed by atoms with Gasteiger partial charge in [0.05, 0.1) is 17.6 Å². The summed E-state index contributed by atoms with van der Waals surface area (Å²) in [4.78, 5) is 33.5. The minimum atomic E-state index is -4.75. The summed E-state index contributed by atoms with van der Waals surface area (Å²) < 4.78 is 47.8. The molecule has 30 heavy (non-hydrogen) atoms. The zero-order valence-electron chi connectivity index (χ0n) is 15.5. The second-order valence-electron chi connectivity index (χ2n) is 5.78. The molecule has 0 aliphatic rings. The second-order valence-corrected chi connectivity index (χ2v) is 5.78. The highest BCUT2D eigenvalue weighted by Gasteiger charge is 2.33. The Morgan fingerprint density at radius 1 is 1.13 bits per heavy atom. The lowest BCUT2D eigenvalue weighted by molar-refractivity contribution is -0.384. The van der Waals surface area contributed by atoms with Gasteiger partial charge in [0.25, 0.3) is 11.6 Å². The van der Waals surface area contributed by atoms with Gasteiger partial charge < -0.3 is 20.1 Å². The Morgan fingerprint density at radius 3 is 2.37 bits per heavy atom. The van der Waals surface area contributed by atoms with Gasteiger partial charge in [-0.15, -0.1) is 0 Å². The molecule has 12 heteroatoms. The lowest BCUT2D eigenvalue weighted by Gasteiger charge is -2.11. The Morgan fingerprint density at radius 2 is 1.80 bits per heavy atom. The van der Waals surface area contributed by atoms with Gasteiger partial charge in [-0.05, 0) is 36.4 Å². The van der Waals surface area contributed by atoms with Crippen molar-refractivity contribution in [2.24, 2.45) is 0 Å². The van der Waals surface area contributed by atoms with Gasteiger partial charge in [-0.25, -0.2) is 0 Å². The van der Waals surface area contributed by atoms with E-state index in [-0.39, 0.29) is 5.69 Å². The SMILES string of the molecule is COc1ccc(NC(=O)COC(=O)CNc2ccc(C(F)(F)F)cc2[N+](=O)[O-])cc1. The topological polar surface area (TPSA) is 120 Å². The number of rotatable bonds is 8. The van der Waals surface area contributed by atoms with Crippen LogP contribution in [0.3, 0.4) is 0 Å². The summed E-state index contributed by atoms with van der Waals surface area (Å²) in [5.41, 5.74) is -1.91. The third kappa shape index (κ3) is 6.36. The molecule has 1 amide bonds. The molecule has 0 saturated carbocycles. The van der Waals surface area contributed by atoms with Crippen LogP contribution in [0.1, 0.15) is 5.56 Å². The van der Waals surface area contributed by atoms with E-state index in [0.717, 1.165) is 6.07 Å². The van der Waals surface area contributed by atoms with E-state index >= 15 is 0 Å². The quantitative estimate of drug-likeness (QED) is 0.377. The van der Waals surface area contributed by atoms with Crippen LogP contribution < -0.4 is 15.4 Å².